The van der Waals surface area contributed by atoms with E-state index in [9.17, 15) is 0 Å². The predicted molar refractivity (Wildman–Crippen MR) is 65.9 cm³/mol. The maximum atomic E-state index is 5.03. The lowest BCUT2D eigenvalue weighted by Crippen LogP contribution is -2.23. The highest BCUT2D eigenvalue weighted by Crippen LogP contribution is 2.07. The van der Waals surface area contributed by atoms with Crippen LogP contribution in [0.4, 0.5) is 5.82 Å². The summed E-state index contributed by atoms with van der Waals surface area (Å²) in [4.78, 5) is 12.2. The number of hydrogen-bond donors (Lipinski definition) is 1. The van der Waals surface area contributed by atoms with Gasteiger partial charge in [-0.1, -0.05) is 0 Å². The van der Waals surface area contributed by atoms with E-state index in [-0.39, 0.29) is 6.04 Å². The highest BCUT2D eigenvalue weighted by Gasteiger charge is 2.05. The molecular weight excluding hydrogens is 232 g/mol. The van der Waals surface area contributed by atoms with E-state index < -0.39 is 0 Å². The fourth-order valence-electron chi connectivity index (χ4n) is 1.61. The number of hydrogen-bond acceptors (Lipinski definition) is 6. The van der Waals surface area contributed by atoms with Gasteiger partial charge in [0.2, 0.25) is 0 Å². The van der Waals surface area contributed by atoms with Gasteiger partial charge in [-0.15, -0.1) is 0 Å². The first kappa shape index (κ1) is 12.4. The van der Waals surface area contributed by atoms with Gasteiger partial charge in [0.15, 0.2) is 0 Å². The second-order valence-electron chi connectivity index (χ2n) is 3.99. The van der Waals surface area contributed by atoms with Crippen LogP contribution in [0.15, 0.2) is 25.0 Å². The van der Waals surface area contributed by atoms with E-state index in [1.165, 1.54) is 12.7 Å². The molecule has 0 fully saturated rings. The van der Waals surface area contributed by atoms with Gasteiger partial charge >= 0.3 is 0 Å². The Morgan fingerprint density at radius 3 is 3.00 bits per heavy atom. The van der Waals surface area contributed by atoms with Crippen LogP contribution in [0, 0.1) is 0 Å². The van der Waals surface area contributed by atoms with Crippen molar-refractivity contribution in [1.29, 1.82) is 0 Å². The fraction of sp³-hybridized carbons (Fsp3) is 0.455. The average molecular weight is 248 g/mol. The third-order valence-corrected chi connectivity index (χ3v) is 2.34. The maximum absolute atomic E-state index is 5.03. The molecule has 0 aliphatic heterocycles. The Balaban J connectivity index is 1.93. The first-order valence-corrected chi connectivity index (χ1v) is 5.66. The fourth-order valence-corrected chi connectivity index (χ4v) is 1.61. The summed E-state index contributed by atoms with van der Waals surface area (Å²) >= 11 is 0. The van der Waals surface area contributed by atoms with Crippen molar-refractivity contribution in [2.45, 2.75) is 26.1 Å². The average Bonchev–Trinajstić information content (AvgIpc) is 2.82. The molecule has 0 aliphatic carbocycles. The first-order valence-electron chi connectivity index (χ1n) is 5.66. The van der Waals surface area contributed by atoms with Crippen LogP contribution in [-0.2, 0) is 17.9 Å². The number of rotatable bonds is 6. The second kappa shape index (κ2) is 6.06. The van der Waals surface area contributed by atoms with Gasteiger partial charge in [-0.05, 0) is 6.92 Å². The summed E-state index contributed by atoms with van der Waals surface area (Å²) in [5.41, 5.74) is 0.850. The van der Waals surface area contributed by atoms with Crippen molar-refractivity contribution in [2.75, 3.05) is 12.4 Å². The van der Waals surface area contributed by atoms with Crippen LogP contribution in [0.25, 0.3) is 0 Å². The molecule has 0 spiro atoms. The van der Waals surface area contributed by atoms with Crippen molar-refractivity contribution in [1.82, 2.24) is 24.7 Å². The maximum Gasteiger partial charge on any atom is 0.137 e. The molecule has 0 amide bonds. The van der Waals surface area contributed by atoms with Crippen LogP contribution in [0.2, 0.25) is 0 Å². The van der Waals surface area contributed by atoms with E-state index in [0.29, 0.717) is 6.61 Å². The van der Waals surface area contributed by atoms with Gasteiger partial charge in [-0.3, -0.25) is 4.68 Å². The molecule has 0 radical (unpaired) electrons. The smallest absolute Gasteiger partial charge is 0.137 e. The van der Waals surface area contributed by atoms with Gasteiger partial charge in [0, 0.05) is 19.2 Å². The molecule has 0 saturated heterocycles. The molecule has 2 aromatic heterocycles. The number of methoxy groups -OCH3 is 1. The molecule has 1 N–H and O–H groups in total. The lowest BCUT2D eigenvalue weighted by Gasteiger charge is -2.14. The Bertz CT molecular complexity index is 472. The molecule has 1 atom stereocenters. The van der Waals surface area contributed by atoms with E-state index in [4.69, 9.17) is 4.74 Å². The standard InChI is InChI=1S/C11H16N6O/c1-9(4-17-8-12-6-15-17)16-11-3-10(5-18-2)13-7-14-11/h3,6-9H,4-5H2,1-2H3,(H,13,14,16). The lowest BCUT2D eigenvalue weighted by molar-refractivity contribution is 0.181. The van der Waals surface area contributed by atoms with Gasteiger partial charge in [-0.25, -0.2) is 15.0 Å². The quantitative estimate of drug-likeness (QED) is 0.811. The van der Waals surface area contributed by atoms with Crippen molar-refractivity contribution >= 4 is 5.82 Å². The molecule has 2 rings (SSSR count). The van der Waals surface area contributed by atoms with Crippen molar-refractivity contribution < 1.29 is 4.74 Å². The number of aromatic nitrogens is 5. The lowest BCUT2D eigenvalue weighted by atomic mass is 10.3. The molecule has 0 saturated carbocycles. The summed E-state index contributed by atoms with van der Waals surface area (Å²) in [6, 6.07) is 2.07. The van der Waals surface area contributed by atoms with Gasteiger partial charge < -0.3 is 10.1 Å². The molecule has 2 heterocycles. The molecule has 2 aromatic rings. The van der Waals surface area contributed by atoms with Crippen LogP contribution in [0.5, 0.6) is 0 Å². The Morgan fingerprint density at radius 1 is 1.39 bits per heavy atom. The molecule has 7 nitrogen and oxygen atoms in total. The summed E-state index contributed by atoms with van der Waals surface area (Å²) in [5, 5.41) is 7.34. The van der Waals surface area contributed by atoms with Crippen molar-refractivity contribution in [3.8, 4) is 0 Å². The van der Waals surface area contributed by atoms with E-state index in [1.54, 1.807) is 18.1 Å². The minimum absolute atomic E-state index is 0.192. The van der Waals surface area contributed by atoms with Crippen LogP contribution in [-0.4, -0.2) is 37.9 Å². The Hall–Kier alpha value is -2.02. The third-order valence-electron chi connectivity index (χ3n) is 2.34. The van der Waals surface area contributed by atoms with Crippen LogP contribution in [0.1, 0.15) is 12.6 Å². The summed E-state index contributed by atoms with van der Waals surface area (Å²) in [7, 11) is 1.64. The summed E-state index contributed by atoms with van der Waals surface area (Å²) < 4.78 is 6.81. The highest BCUT2D eigenvalue weighted by atomic mass is 16.5. The van der Waals surface area contributed by atoms with Gasteiger partial charge in [0.1, 0.15) is 24.8 Å². The zero-order valence-electron chi connectivity index (χ0n) is 10.4. The monoisotopic (exact) mass is 248 g/mol. The summed E-state index contributed by atoms with van der Waals surface area (Å²) in [6.45, 7) is 3.26. The number of anilines is 1. The molecule has 18 heavy (non-hydrogen) atoms. The number of nitrogens with zero attached hydrogens (tertiary/aromatic N) is 5. The van der Waals surface area contributed by atoms with E-state index in [0.717, 1.165) is 18.1 Å². The molecule has 96 valence electrons. The summed E-state index contributed by atoms with van der Waals surface area (Å²) in [5.74, 6) is 0.782. The molecule has 1 unspecified atom stereocenters. The van der Waals surface area contributed by atoms with Crippen molar-refractivity contribution in [3.63, 3.8) is 0 Å². The number of nitrogens with one attached hydrogen (secondary N) is 1. The van der Waals surface area contributed by atoms with Crippen LogP contribution >= 0.6 is 0 Å². The minimum Gasteiger partial charge on any atom is -0.378 e. The van der Waals surface area contributed by atoms with E-state index in [2.05, 4.69) is 32.3 Å². The van der Waals surface area contributed by atoms with Crippen molar-refractivity contribution in [2.24, 2.45) is 0 Å². The zero-order chi connectivity index (χ0) is 12.8. The molecule has 7 heteroatoms. The zero-order valence-corrected chi connectivity index (χ0v) is 10.4. The van der Waals surface area contributed by atoms with Gasteiger partial charge in [0.25, 0.3) is 0 Å². The normalized spacial score (nSPS) is 12.3. The van der Waals surface area contributed by atoms with Gasteiger partial charge in [-0.2, -0.15) is 5.10 Å². The minimum atomic E-state index is 0.192. The molecule has 0 aliphatic rings. The summed E-state index contributed by atoms with van der Waals surface area (Å²) in [6.07, 6.45) is 4.74. The van der Waals surface area contributed by atoms with E-state index in [1.807, 2.05) is 6.07 Å². The van der Waals surface area contributed by atoms with Gasteiger partial charge in [0.05, 0.1) is 18.8 Å². The first-order chi connectivity index (χ1) is 8.78. The van der Waals surface area contributed by atoms with Crippen LogP contribution < -0.4 is 5.32 Å². The van der Waals surface area contributed by atoms with E-state index >= 15 is 0 Å². The third kappa shape index (κ3) is 3.49. The number of ether oxygens (including phenoxy) is 1. The second-order valence-corrected chi connectivity index (χ2v) is 3.99. The SMILES string of the molecule is COCc1cc(NC(C)Cn2cncn2)ncn1. The molecular formula is C11H16N6O. The largest absolute Gasteiger partial charge is 0.378 e. The Labute approximate surface area is 105 Å². The predicted octanol–water partition coefficient (Wildman–Crippen LogP) is 0.715. The molecule has 0 aromatic carbocycles. The van der Waals surface area contributed by atoms with Crippen LogP contribution in [0.3, 0.4) is 0 Å². The molecule has 0 bridgehead atoms. The Kier molecular flexibility index (Phi) is 4.19. The highest BCUT2D eigenvalue weighted by molar-refractivity contribution is 5.35. The van der Waals surface area contributed by atoms with Crippen molar-refractivity contribution in [3.05, 3.63) is 30.7 Å². The topological polar surface area (TPSA) is 77.8 Å². The Morgan fingerprint density at radius 2 is 2.28 bits per heavy atom.